The van der Waals surface area contributed by atoms with Crippen LogP contribution in [0.5, 0.6) is 0 Å². The first-order valence-corrected chi connectivity index (χ1v) is 8.74. The maximum Gasteiger partial charge on any atom is 0.323 e. The molecule has 23 heavy (non-hydrogen) atoms. The second-order valence-electron chi connectivity index (χ2n) is 5.46. The van der Waals surface area contributed by atoms with E-state index in [0.717, 1.165) is 12.8 Å². The molecule has 0 aliphatic rings. The fourth-order valence-corrected chi connectivity index (χ4v) is 2.23. The summed E-state index contributed by atoms with van der Waals surface area (Å²) in [5.74, 6) is -2.73. The van der Waals surface area contributed by atoms with Gasteiger partial charge in [0.2, 0.25) is 0 Å². The molecule has 0 fully saturated rings. The molecule has 0 aromatic heterocycles. The molecule has 0 spiro atoms. The van der Waals surface area contributed by atoms with Gasteiger partial charge in [-0.3, -0.25) is 9.59 Å². The summed E-state index contributed by atoms with van der Waals surface area (Å²) in [5, 5.41) is 10.1. The van der Waals surface area contributed by atoms with Gasteiger partial charge in [-0.05, 0) is 33.1 Å². The van der Waals surface area contributed by atoms with Crippen molar-refractivity contribution in [2.45, 2.75) is 71.8 Å². The van der Waals surface area contributed by atoms with Crippen molar-refractivity contribution in [3.05, 3.63) is 12.2 Å². The summed E-state index contributed by atoms with van der Waals surface area (Å²) in [6.07, 6.45) is 9.93. The summed E-state index contributed by atoms with van der Waals surface area (Å²) in [7, 11) is 0. The van der Waals surface area contributed by atoms with E-state index in [1.54, 1.807) is 13.8 Å². The Kier molecular flexibility index (Phi) is 13.4. The zero-order valence-electron chi connectivity index (χ0n) is 14.8. The largest absolute Gasteiger partial charge is 0.465 e. The van der Waals surface area contributed by atoms with E-state index in [2.05, 4.69) is 6.92 Å². The smallest absolute Gasteiger partial charge is 0.323 e. The van der Waals surface area contributed by atoms with Crippen LogP contribution in [0.2, 0.25) is 0 Å². The van der Waals surface area contributed by atoms with Gasteiger partial charge in [0, 0.05) is 0 Å². The molecule has 0 aliphatic carbocycles. The molecular weight excluding hydrogens is 296 g/mol. The molecule has 134 valence electrons. The van der Waals surface area contributed by atoms with Gasteiger partial charge in [-0.2, -0.15) is 0 Å². The molecule has 5 nitrogen and oxygen atoms in total. The Morgan fingerprint density at radius 1 is 0.913 bits per heavy atom. The molecule has 0 saturated heterocycles. The summed E-state index contributed by atoms with van der Waals surface area (Å²) in [6.45, 7) is 5.82. The third kappa shape index (κ3) is 10.1. The van der Waals surface area contributed by atoms with E-state index < -0.39 is 24.0 Å². The van der Waals surface area contributed by atoms with Gasteiger partial charge in [0.05, 0.1) is 19.3 Å². The summed E-state index contributed by atoms with van der Waals surface area (Å²) < 4.78 is 9.70. The molecule has 0 aromatic rings. The Bertz CT molecular complexity index is 333. The van der Waals surface area contributed by atoms with E-state index in [1.807, 2.05) is 12.2 Å². The first kappa shape index (κ1) is 21.6. The van der Waals surface area contributed by atoms with Crippen LogP contribution in [0.25, 0.3) is 0 Å². The second kappa shape index (κ2) is 14.2. The Morgan fingerprint density at radius 2 is 1.48 bits per heavy atom. The Morgan fingerprint density at radius 3 is 2.00 bits per heavy atom. The highest BCUT2D eigenvalue weighted by molar-refractivity contribution is 5.95. The zero-order valence-corrected chi connectivity index (χ0v) is 14.8. The van der Waals surface area contributed by atoms with E-state index in [4.69, 9.17) is 9.47 Å². The van der Waals surface area contributed by atoms with Crippen LogP contribution >= 0.6 is 0 Å². The Hall–Kier alpha value is -1.36. The van der Waals surface area contributed by atoms with Crippen LogP contribution in [-0.4, -0.2) is 36.4 Å². The van der Waals surface area contributed by atoms with Crippen LogP contribution in [0.1, 0.15) is 65.7 Å². The molecule has 0 bridgehead atoms. The number of aliphatic hydroxyl groups is 1. The number of allylic oxidation sites excluding steroid dienone is 1. The van der Waals surface area contributed by atoms with Crippen LogP contribution in [0.3, 0.4) is 0 Å². The minimum absolute atomic E-state index is 0.162. The van der Waals surface area contributed by atoms with Crippen molar-refractivity contribution in [1.29, 1.82) is 0 Å². The van der Waals surface area contributed by atoms with Crippen molar-refractivity contribution in [3.8, 4) is 0 Å². The maximum atomic E-state index is 11.8. The number of aliphatic hydroxyl groups excluding tert-OH is 1. The Balaban J connectivity index is 4.29. The van der Waals surface area contributed by atoms with Crippen LogP contribution in [0.4, 0.5) is 0 Å². The topological polar surface area (TPSA) is 72.8 Å². The van der Waals surface area contributed by atoms with Gasteiger partial charge in [-0.15, -0.1) is 0 Å². The van der Waals surface area contributed by atoms with Gasteiger partial charge in [0.15, 0.2) is 5.92 Å². The van der Waals surface area contributed by atoms with E-state index in [-0.39, 0.29) is 19.6 Å². The summed E-state index contributed by atoms with van der Waals surface area (Å²) in [5.41, 5.74) is 0. The molecule has 1 N–H and O–H groups in total. The summed E-state index contributed by atoms with van der Waals surface area (Å²) >= 11 is 0. The molecule has 0 radical (unpaired) electrons. The minimum Gasteiger partial charge on any atom is -0.465 e. The standard InChI is InChI=1S/C18H32O5/c1-4-7-8-9-10-11-12-13-14-15(19)16(17(20)22-5-2)18(21)23-6-3/h12-13,15-16,19H,4-11,14H2,1-3H3/b13-12+. The number of carbonyl (C=O) groups is 2. The monoisotopic (exact) mass is 328 g/mol. The molecule has 0 rings (SSSR count). The molecular formula is C18H32O5. The number of unbranched alkanes of at least 4 members (excludes halogenated alkanes) is 5. The van der Waals surface area contributed by atoms with Crippen molar-refractivity contribution in [2.75, 3.05) is 13.2 Å². The average molecular weight is 328 g/mol. The van der Waals surface area contributed by atoms with E-state index in [1.165, 1.54) is 25.7 Å². The molecule has 0 amide bonds. The second-order valence-corrected chi connectivity index (χ2v) is 5.46. The van der Waals surface area contributed by atoms with Crippen molar-refractivity contribution in [2.24, 2.45) is 5.92 Å². The fourth-order valence-electron chi connectivity index (χ4n) is 2.23. The number of hydrogen-bond acceptors (Lipinski definition) is 5. The molecule has 0 saturated carbocycles. The van der Waals surface area contributed by atoms with Gasteiger partial charge in [-0.25, -0.2) is 0 Å². The first-order chi connectivity index (χ1) is 11.1. The number of carbonyl (C=O) groups excluding carboxylic acids is 2. The van der Waals surface area contributed by atoms with Gasteiger partial charge in [0.25, 0.3) is 0 Å². The zero-order chi connectivity index (χ0) is 17.5. The quantitative estimate of drug-likeness (QED) is 0.243. The molecule has 0 heterocycles. The molecule has 1 atom stereocenters. The molecule has 1 unspecified atom stereocenters. The molecule has 0 aliphatic heterocycles. The maximum absolute atomic E-state index is 11.8. The fraction of sp³-hybridized carbons (Fsp3) is 0.778. The number of hydrogen-bond donors (Lipinski definition) is 1. The van der Waals surface area contributed by atoms with Gasteiger partial charge in [-0.1, -0.05) is 44.8 Å². The SMILES string of the molecule is CCCCCCC/C=C/CC(O)C(C(=O)OCC)C(=O)OCC. The van der Waals surface area contributed by atoms with Crippen molar-refractivity contribution in [3.63, 3.8) is 0 Å². The predicted molar refractivity (Wildman–Crippen MR) is 89.9 cm³/mol. The number of ether oxygens (including phenoxy) is 2. The number of esters is 2. The normalized spacial score (nSPS) is 12.6. The highest BCUT2D eigenvalue weighted by atomic mass is 16.6. The third-order valence-electron chi connectivity index (χ3n) is 3.48. The van der Waals surface area contributed by atoms with Gasteiger partial charge >= 0.3 is 11.9 Å². The van der Waals surface area contributed by atoms with Crippen molar-refractivity contribution >= 4 is 11.9 Å². The summed E-state index contributed by atoms with van der Waals surface area (Å²) in [6, 6.07) is 0. The summed E-state index contributed by atoms with van der Waals surface area (Å²) in [4.78, 5) is 23.7. The predicted octanol–water partition coefficient (Wildman–Crippen LogP) is 3.40. The lowest BCUT2D eigenvalue weighted by atomic mass is 9.99. The van der Waals surface area contributed by atoms with Crippen molar-refractivity contribution < 1.29 is 24.2 Å². The highest BCUT2D eigenvalue weighted by Crippen LogP contribution is 2.14. The van der Waals surface area contributed by atoms with Crippen molar-refractivity contribution in [1.82, 2.24) is 0 Å². The molecule has 0 aromatic carbocycles. The van der Waals surface area contributed by atoms with E-state index in [9.17, 15) is 14.7 Å². The van der Waals surface area contributed by atoms with Crippen LogP contribution in [0.15, 0.2) is 12.2 Å². The lowest BCUT2D eigenvalue weighted by molar-refractivity contribution is -0.166. The van der Waals surface area contributed by atoms with Gasteiger partial charge in [0.1, 0.15) is 0 Å². The van der Waals surface area contributed by atoms with Crippen LogP contribution < -0.4 is 0 Å². The highest BCUT2D eigenvalue weighted by Gasteiger charge is 2.35. The first-order valence-electron chi connectivity index (χ1n) is 8.74. The average Bonchev–Trinajstić information content (AvgIpc) is 2.50. The van der Waals surface area contributed by atoms with Crippen LogP contribution in [0, 0.1) is 5.92 Å². The Labute approximate surface area is 140 Å². The van der Waals surface area contributed by atoms with Crippen LogP contribution in [-0.2, 0) is 19.1 Å². The lowest BCUT2D eigenvalue weighted by Crippen LogP contribution is -2.37. The van der Waals surface area contributed by atoms with E-state index >= 15 is 0 Å². The third-order valence-corrected chi connectivity index (χ3v) is 3.48. The van der Waals surface area contributed by atoms with Gasteiger partial charge < -0.3 is 14.6 Å². The number of rotatable bonds is 13. The molecule has 5 heteroatoms. The lowest BCUT2D eigenvalue weighted by Gasteiger charge is -2.18. The minimum atomic E-state index is -1.27. The van der Waals surface area contributed by atoms with E-state index in [0.29, 0.717) is 0 Å².